The molecular formula is C26H41N3O2. The number of guanidine groups is 1. The second-order valence-corrected chi connectivity index (χ2v) is 11.1. The van der Waals surface area contributed by atoms with Crippen molar-refractivity contribution in [3.63, 3.8) is 0 Å². The van der Waals surface area contributed by atoms with Crippen LogP contribution in [-0.2, 0) is 0 Å². The molecule has 0 amide bonds. The molecule has 0 saturated heterocycles. The van der Waals surface area contributed by atoms with Gasteiger partial charge in [-0.05, 0) is 69.6 Å². The van der Waals surface area contributed by atoms with Crippen molar-refractivity contribution in [1.82, 2.24) is 5.32 Å². The molecule has 31 heavy (non-hydrogen) atoms. The molecule has 2 bridgehead atoms. The third-order valence-electron chi connectivity index (χ3n) is 9.19. The van der Waals surface area contributed by atoms with E-state index in [0.717, 1.165) is 32.1 Å². The van der Waals surface area contributed by atoms with E-state index in [1.54, 1.807) is 7.05 Å². The van der Waals surface area contributed by atoms with Gasteiger partial charge in [0.05, 0.1) is 17.2 Å². The number of fused-ring (bicyclic) bond motifs is 1. The molecule has 5 heteroatoms. The zero-order valence-electron chi connectivity index (χ0n) is 19.4. The van der Waals surface area contributed by atoms with Gasteiger partial charge in [-0.2, -0.15) is 0 Å². The molecule has 5 N–H and O–H groups in total. The third kappa shape index (κ3) is 4.26. The molecule has 4 aliphatic rings. The van der Waals surface area contributed by atoms with E-state index >= 15 is 0 Å². The Hall–Kier alpha value is -1.51. The fourth-order valence-electron chi connectivity index (χ4n) is 7.23. The molecular weight excluding hydrogens is 386 g/mol. The van der Waals surface area contributed by atoms with Crippen LogP contribution in [0.15, 0.2) is 17.1 Å². The predicted molar refractivity (Wildman–Crippen MR) is 125 cm³/mol. The number of nitrogens with zero attached hydrogens (tertiary/aromatic N) is 1. The Labute approximate surface area is 188 Å². The topological polar surface area (TPSA) is 90.9 Å². The fourth-order valence-corrected chi connectivity index (χ4v) is 7.23. The van der Waals surface area contributed by atoms with Crippen molar-refractivity contribution in [1.29, 1.82) is 0 Å². The van der Waals surface area contributed by atoms with Crippen molar-refractivity contribution in [3.05, 3.63) is 12.2 Å². The number of nitrogens with one attached hydrogen (secondary N) is 1. The largest absolute Gasteiger partial charge is 0.390 e. The van der Waals surface area contributed by atoms with Crippen LogP contribution in [0.5, 0.6) is 0 Å². The molecule has 5 nitrogen and oxygen atoms in total. The maximum atomic E-state index is 12.0. The fraction of sp³-hybridized carbons (Fsp3) is 0.808. The van der Waals surface area contributed by atoms with E-state index < -0.39 is 11.2 Å². The summed E-state index contributed by atoms with van der Waals surface area (Å²) in [5.41, 5.74) is 5.55. The zero-order chi connectivity index (χ0) is 22.3. The summed E-state index contributed by atoms with van der Waals surface area (Å²) in [6.07, 6.45) is 11.7. The van der Waals surface area contributed by atoms with Crippen LogP contribution in [0.4, 0.5) is 0 Å². The Morgan fingerprint density at radius 3 is 2.52 bits per heavy atom. The standard InChI is InChI=1S/C26H41N3O2/c1-18(19-8-5-4-6-9-19)25-12-7-10-20(29-23(27)28-3)16-26(31)13-11-21(22(26)17-25)24(2,30)14-15-25/h19-22,30-31H,1,4-6,8-9,11-17H2,2-3H3,(H3,27,28,29)/t20-,21-,22-,24+,25-,26+/m0/s1. The number of nitrogens with two attached hydrogens (primary N) is 1. The Morgan fingerprint density at radius 1 is 1.06 bits per heavy atom. The van der Waals surface area contributed by atoms with Gasteiger partial charge in [0.1, 0.15) is 0 Å². The van der Waals surface area contributed by atoms with E-state index in [1.807, 2.05) is 6.92 Å². The normalized spacial score (nSPS) is 43.6. The first-order valence-electron chi connectivity index (χ1n) is 12.3. The van der Waals surface area contributed by atoms with Crippen LogP contribution in [0.3, 0.4) is 0 Å². The minimum Gasteiger partial charge on any atom is -0.390 e. The summed E-state index contributed by atoms with van der Waals surface area (Å²) in [4.78, 5) is 4.03. The monoisotopic (exact) mass is 427 g/mol. The lowest BCUT2D eigenvalue weighted by molar-refractivity contribution is -0.0678. The highest BCUT2D eigenvalue weighted by Gasteiger charge is 2.58. The summed E-state index contributed by atoms with van der Waals surface area (Å²) in [7, 11) is 1.66. The van der Waals surface area contributed by atoms with Gasteiger partial charge in [0, 0.05) is 25.3 Å². The van der Waals surface area contributed by atoms with Crippen molar-refractivity contribution in [2.75, 3.05) is 7.05 Å². The highest BCUT2D eigenvalue weighted by Crippen LogP contribution is 2.60. The lowest BCUT2D eigenvalue weighted by Gasteiger charge is -2.43. The first kappa shape index (κ1) is 22.7. The minimum atomic E-state index is -0.859. The van der Waals surface area contributed by atoms with E-state index in [4.69, 9.17) is 12.3 Å². The zero-order valence-corrected chi connectivity index (χ0v) is 19.4. The van der Waals surface area contributed by atoms with Crippen molar-refractivity contribution in [2.24, 2.45) is 33.9 Å². The number of rotatable bonds is 3. The molecule has 4 rings (SSSR count). The van der Waals surface area contributed by atoms with Crippen LogP contribution < -0.4 is 11.1 Å². The second kappa shape index (κ2) is 8.45. The van der Waals surface area contributed by atoms with E-state index in [2.05, 4.69) is 22.2 Å². The van der Waals surface area contributed by atoms with Crippen LogP contribution in [0.1, 0.15) is 84.0 Å². The molecule has 4 aliphatic carbocycles. The molecule has 0 aromatic rings. The lowest BCUT2D eigenvalue weighted by atomic mass is 9.62. The Kier molecular flexibility index (Phi) is 6.18. The SMILES string of the molecule is C=C(C1CCCCC1)[C@]12CC#C[C@H](NC(N)=NC)C[C@]3(O)CC[C@@H]([C@@H]3C1)[C@](C)(O)CC2. The van der Waals surface area contributed by atoms with Crippen molar-refractivity contribution in [2.45, 2.75) is 101 Å². The Morgan fingerprint density at radius 2 is 1.81 bits per heavy atom. The van der Waals surface area contributed by atoms with Crippen LogP contribution in [0.25, 0.3) is 0 Å². The molecule has 3 fully saturated rings. The molecule has 0 spiro atoms. The highest BCUT2D eigenvalue weighted by molar-refractivity contribution is 5.78. The van der Waals surface area contributed by atoms with Gasteiger partial charge in [0.2, 0.25) is 0 Å². The average Bonchev–Trinajstić information content (AvgIpc) is 3.03. The van der Waals surface area contributed by atoms with Crippen molar-refractivity contribution >= 4 is 5.96 Å². The van der Waals surface area contributed by atoms with Gasteiger partial charge in [-0.25, -0.2) is 0 Å². The second-order valence-electron chi connectivity index (χ2n) is 11.1. The van der Waals surface area contributed by atoms with Gasteiger partial charge >= 0.3 is 0 Å². The third-order valence-corrected chi connectivity index (χ3v) is 9.19. The highest BCUT2D eigenvalue weighted by atomic mass is 16.3. The van der Waals surface area contributed by atoms with Gasteiger partial charge in [-0.1, -0.05) is 37.3 Å². The first-order valence-corrected chi connectivity index (χ1v) is 12.3. The maximum Gasteiger partial charge on any atom is 0.189 e. The van der Waals surface area contributed by atoms with Crippen LogP contribution >= 0.6 is 0 Å². The Balaban J connectivity index is 1.74. The van der Waals surface area contributed by atoms with Gasteiger partial charge in [0.15, 0.2) is 5.96 Å². The molecule has 0 aromatic carbocycles. The van der Waals surface area contributed by atoms with Gasteiger partial charge in [-0.15, -0.1) is 5.92 Å². The van der Waals surface area contributed by atoms with Crippen LogP contribution in [-0.4, -0.2) is 40.5 Å². The average molecular weight is 428 g/mol. The maximum absolute atomic E-state index is 12.0. The quantitative estimate of drug-likeness (QED) is 0.240. The number of aliphatic imine (C=N–C) groups is 1. The van der Waals surface area contributed by atoms with Crippen molar-refractivity contribution in [3.8, 4) is 11.8 Å². The summed E-state index contributed by atoms with van der Waals surface area (Å²) in [6.45, 7) is 6.68. The predicted octanol–water partition coefficient (Wildman–Crippen LogP) is 3.50. The van der Waals surface area contributed by atoms with Gasteiger partial charge in [0.25, 0.3) is 0 Å². The van der Waals surface area contributed by atoms with E-state index in [0.29, 0.717) is 24.7 Å². The first-order chi connectivity index (χ1) is 14.7. The van der Waals surface area contributed by atoms with E-state index in [9.17, 15) is 10.2 Å². The molecule has 172 valence electrons. The summed E-state index contributed by atoms with van der Waals surface area (Å²) in [5, 5.41) is 26.6. The van der Waals surface area contributed by atoms with Crippen LogP contribution in [0.2, 0.25) is 0 Å². The molecule has 0 radical (unpaired) electrons. The molecule has 3 saturated carbocycles. The minimum absolute atomic E-state index is 0.0381. The number of allylic oxidation sites excluding steroid dienone is 1. The van der Waals surface area contributed by atoms with E-state index in [-0.39, 0.29) is 23.3 Å². The number of hydrogen-bond acceptors (Lipinski definition) is 3. The molecule has 0 aliphatic heterocycles. The molecule has 6 atom stereocenters. The molecule has 0 unspecified atom stereocenters. The van der Waals surface area contributed by atoms with Gasteiger partial charge < -0.3 is 21.3 Å². The summed E-state index contributed by atoms with van der Waals surface area (Å²) >= 11 is 0. The van der Waals surface area contributed by atoms with E-state index in [1.165, 1.54) is 37.7 Å². The van der Waals surface area contributed by atoms with Gasteiger partial charge in [-0.3, -0.25) is 4.99 Å². The lowest BCUT2D eigenvalue weighted by Crippen LogP contribution is -2.48. The van der Waals surface area contributed by atoms with Crippen molar-refractivity contribution < 1.29 is 10.2 Å². The summed E-state index contributed by atoms with van der Waals surface area (Å²) in [5.74, 6) is 7.91. The summed E-state index contributed by atoms with van der Waals surface area (Å²) in [6, 6.07) is -0.238. The Bertz CT molecular complexity index is 788. The van der Waals surface area contributed by atoms with Crippen LogP contribution in [0, 0.1) is 35.0 Å². The molecule has 0 aromatic heterocycles. The number of hydrogen-bond donors (Lipinski definition) is 4. The smallest absolute Gasteiger partial charge is 0.189 e. The molecule has 0 heterocycles. The number of aliphatic hydroxyl groups is 2. The summed E-state index contributed by atoms with van der Waals surface area (Å²) < 4.78 is 0.